The molecule has 0 amide bonds. The molecule has 2 heterocycles. The number of methoxy groups -OCH3 is 1. The first kappa shape index (κ1) is 29.8. The van der Waals surface area contributed by atoms with Crippen molar-refractivity contribution in [3.8, 4) is 0 Å². The lowest BCUT2D eigenvalue weighted by Crippen LogP contribution is -2.49. The molecule has 3 aromatic rings. The van der Waals surface area contributed by atoms with Crippen molar-refractivity contribution in [2.45, 2.75) is 13.0 Å². The van der Waals surface area contributed by atoms with Gasteiger partial charge in [0.2, 0.25) is 0 Å². The molecule has 1 atom stereocenters. The van der Waals surface area contributed by atoms with Crippen LogP contribution in [0.2, 0.25) is 10.0 Å². The first-order chi connectivity index (χ1) is 17.9. The van der Waals surface area contributed by atoms with E-state index >= 15 is 0 Å². The number of carbonyl (C=O) groups is 1. The fraction of sp³-hybridized carbons (Fsp3) is 0.296. The van der Waals surface area contributed by atoms with Gasteiger partial charge in [-0.2, -0.15) is 0 Å². The molecule has 1 saturated heterocycles. The Balaban J connectivity index is 0.000000898. The van der Waals surface area contributed by atoms with Crippen molar-refractivity contribution >= 4 is 64.1 Å². The van der Waals surface area contributed by atoms with E-state index in [9.17, 15) is 0 Å². The van der Waals surface area contributed by atoms with E-state index in [1.165, 1.54) is 5.94 Å². The highest BCUT2D eigenvalue weighted by molar-refractivity contribution is 6.42. The molecule has 1 aromatic heterocycles. The summed E-state index contributed by atoms with van der Waals surface area (Å²) in [4.78, 5) is 30.3. The second-order valence-electron chi connectivity index (χ2n) is 8.13. The smallest absolute Gasteiger partial charge is 0.137 e. The minimum Gasteiger partial charge on any atom is -0.497 e. The Hall–Kier alpha value is -3.42. The number of aromatic nitrogens is 2. The van der Waals surface area contributed by atoms with Crippen molar-refractivity contribution in [1.29, 1.82) is 0 Å². The quantitative estimate of drug-likeness (QED) is 0.329. The maximum atomic E-state index is 8.57. The zero-order valence-corrected chi connectivity index (χ0v) is 22.6. The average molecular weight is 544 g/mol. The second-order valence-corrected chi connectivity index (χ2v) is 8.94. The lowest BCUT2D eigenvalue weighted by molar-refractivity contribution is -0.0980. The van der Waals surface area contributed by atoms with E-state index in [-0.39, 0.29) is 6.04 Å². The van der Waals surface area contributed by atoms with Crippen LogP contribution in [-0.2, 0) is 14.3 Å². The van der Waals surface area contributed by atoms with Crippen LogP contribution in [0.3, 0.4) is 0 Å². The van der Waals surface area contributed by atoms with E-state index in [1.807, 2.05) is 43.2 Å². The Morgan fingerprint density at radius 3 is 2.43 bits per heavy atom. The fourth-order valence-electron chi connectivity index (χ4n) is 4.07. The van der Waals surface area contributed by atoms with Crippen LogP contribution in [-0.4, -0.2) is 73.5 Å². The number of nitrogens with zero attached hydrogens (tertiary/aromatic N) is 4. The number of carbonyl (C=O) groups excluding carboxylic acids is 2. The van der Waals surface area contributed by atoms with Crippen molar-refractivity contribution < 1.29 is 14.3 Å². The molecule has 196 valence electrons. The molecule has 0 aliphatic carbocycles. The average Bonchev–Trinajstić information content (AvgIpc) is 2.92. The van der Waals surface area contributed by atoms with Gasteiger partial charge in [-0.3, -0.25) is 4.90 Å². The van der Waals surface area contributed by atoms with Crippen LogP contribution in [0, 0.1) is 0 Å². The fourth-order valence-corrected chi connectivity index (χ4v) is 4.37. The number of nitrogens with one attached hydrogen (secondary N) is 1. The van der Waals surface area contributed by atoms with Crippen molar-refractivity contribution in [2.75, 3.05) is 50.1 Å². The molecular formula is C27H31Cl2N5O3. The van der Waals surface area contributed by atoms with E-state index in [0.717, 1.165) is 60.7 Å². The number of fused-ring (bicyclic) bond motifs is 1. The number of para-hydroxylation sites is 1. The Kier molecular flexibility index (Phi) is 12.1. The Bertz CT molecular complexity index is 1230. The van der Waals surface area contributed by atoms with Crippen molar-refractivity contribution in [2.24, 2.45) is 0 Å². The van der Waals surface area contributed by atoms with Crippen molar-refractivity contribution in [3.63, 3.8) is 0 Å². The van der Waals surface area contributed by atoms with E-state index in [4.69, 9.17) is 37.5 Å². The van der Waals surface area contributed by atoms with Gasteiger partial charge >= 0.3 is 0 Å². The summed E-state index contributed by atoms with van der Waals surface area (Å²) in [7, 11) is 1.62. The van der Waals surface area contributed by atoms with Gasteiger partial charge in [0.05, 0.1) is 22.7 Å². The molecule has 10 heteroatoms. The SMILES string of the molecule is C=C(OC)c1cccc2c(NC(C)CN3CCN(c4ccc(Cl)c(Cl)c4)CC3)ncnc12.C=C=O.C=O. The summed E-state index contributed by atoms with van der Waals surface area (Å²) in [5.74, 6) is 2.66. The van der Waals surface area contributed by atoms with Gasteiger partial charge in [-0.1, -0.05) is 35.8 Å². The first-order valence-electron chi connectivity index (χ1n) is 11.5. The molecule has 1 aliphatic rings. The summed E-state index contributed by atoms with van der Waals surface area (Å²) < 4.78 is 5.32. The minimum absolute atomic E-state index is 0.221. The molecule has 1 N–H and O–H groups in total. The third kappa shape index (κ3) is 8.03. The summed E-state index contributed by atoms with van der Waals surface area (Å²) in [6, 6.07) is 12.0. The third-order valence-electron chi connectivity index (χ3n) is 5.77. The number of piperazine rings is 1. The van der Waals surface area contributed by atoms with Gasteiger partial charge in [0.1, 0.15) is 30.6 Å². The molecule has 37 heavy (non-hydrogen) atoms. The highest BCUT2D eigenvalue weighted by atomic mass is 35.5. The van der Waals surface area contributed by atoms with Gasteiger partial charge in [-0.25, -0.2) is 14.8 Å². The molecule has 0 saturated carbocycles. The second kappa shape index (κ2) is 15.0. The number of rotatable bonds is 7. The van der Waals surface area contributed by atoms with Crippen molar-refractivity contribution in [1.82, 2.24) is 14.9 Å². The molecule has 0 bridgehead atoms. The summed E-state index contributed by atoms with van der Waals surface area (Å²) in [6.45, 7) is 15.6. The Labute approximate surface area is 227 Å². The standard InChI is InChI=1S/C24H27Cl2N5O.C2H2O.CH2O/c1-16(14-30-9-11-31(12-10-30)18-7-8-21(25)22(26)13-18)29-24-20-6-4-5-19(17(2)32-3)23(20)27-15-28-24;1-2-3;1-2/h4-8,13,15-16H,2,9-12,14H2,1,3H3,(H,27,28,29);1H2;1H2. The highest BCUT2D eigenvalue weighted by Gasteiger charge is 2.20. The molecule has 8 nitrogen and oxygen atoms in total. The number of halogens is 2. The lowest BCUT2D eigenvalue weighted by atomic mass is 10.1. The Morgan fingerprint density at radius 1 is 1.14 bits per heavy atom. The molecular weight excluding hydrogens is 513 g/mol. The van der Waals surface area contributed by atoms with E-state index in [0.29, 0.717) is 15.8 Å². The third-order valence-corrected chi connectivity index (χ3v) is 6.51. The van der Waals surface area contributed by atoms with Crippen LogP contribution < -0.4 is 10.2 Å². The predicted molar refractivity (Wildman–Crippen MR) is 152 cm³/mol. The molecule has 1 aliphatic heterocycles. The van der Waals surface area contributed by atoms with Gasteiger partial charge in [0.25, 0.3) is 0 Å². The topological polar surface area (TPSA) is 87.7 Å². The monoisotopic (exact) mass is 543 g/mol. The normalized spacial score (nSPS) is 13.8. The van der Waals surface area contributed by atoms with Gasteiger partial charge in [-0.15, -0.1) is 0 Å². The zero-order chi connectivity index (χ0) is 27.4. The summed E-state index contributed by atoms with van der Waals surface area (Å²) in [5, 5.41) is 5.71. The number of hydrogen-bond donors (Lipinski definition) is 1. The Morgan fingerprint density at radius 2 is 1.81 bits per heavy atom. The van der Waals surface area contributed by atoms with Crippen LogP contribution in [0.4, 0.5) is 11.5 Å². The van der Waals surface area contributed by atoms with Crippen LogP contribution in [0.15, 0.2) is 55.9 Å². The van der Waals surface area contributed by atoms with Crippen LogP contribution in [0.1, 0.15) is 12.5 Å². The molecule has 4 rings (SSSR count). The van der Waals surface area contributed by atoms with E-state index < -0.39 is 0 Å². The van der Waals surface area contributed by atoms with Crippen LogP contribution >= 0.6 is 23.2 Å². The summed E-state index contributed by atoms with van der Waals surface area (Å²) >= 11 is 12.2. The van der Waals surface area contributed by atoms with Crippen LogP contribution in [0.5, 0.6) is 0 Å². The predicted octanol–water partition coefficient (Wildman–Crippen LogP) is 5.00. The van der Waals surface area contributed by atoms with Gasteiger partial charge < -0.3 is 19.7 Å². The molecule has 1 unspecified atom stereocenters. The van der Waals surface area contributed by atoms with Gasteiger partial charge in [-0.05, 0) is 43.8 Å². The summed E-state index contributed by atoms with van der Waals surface area (Å²) in [5.41, 5.74) is 2.83. The first-order valence-corrected chi connectivity index (χ1v) is 12.2. The minimum atomic E-state index is 0.221. The number of ether oxygens (including phenoxy) is 1. The zero-order valence-electron chi connectivity index (χ0n) is 21.0. The maximum Gasteiger partial charge on any atom is 0.137 e. The van der Waals surface area contributed by atoms with E-state index in [2.05, 4.69) is 45.2 Å². The van der Waals surface area contributed by atoms with Crippen LogP contribution in [0.25, 0.3) is 16.7 Å². The number of benzene rings is 2. The van der Waals surface area contributed by atoms with Crippen molar-refractivity contribution in [3.05, 3.63) is 71.5 Å². The molecule has 0 spiro atoms. The summed E-state index contributed by atoms with van der Waals surface area (Å²) in [6.07, 6.45) is 1.58. The van der Waals surface area contributed by atoms with Gasteiger partial charge in [0, 0.05) is 55.4 Å². The largest absolute Gasteiger partial charge is 0.497 e. The number of hydrogen-bond acceptors (Lipinski definition) is 8. The number of anilines is 2. The maximum absolute atomic E-state index is 8.57. The molecule has 1 fully saturated rings. The lowest BCUT2D eigenvalue weighted by Gasteiger charge is -2.37. The highest BCUT2D eigenvalue weighted by Crippen LogP contribution is 2.29. The van der Waals surface area contributed by atoms with E-state index in [1.54, 1.807) is 13.4 Å². The molecule has 2 aromatic carbocycles. The molecule has 0 radical (unpaired) electrons. The van der Waals surface area contributed by atoms with Gasteiger partial charge in [0.15, 0.2) is 0 Å².